The minimum Gasteiger partial charge on any atom is -0.384 e. The van der Waals surface area contributed by atoms with E-state index in [2.05, 4.69) is 41.1 Å². The monoisotopic (exact) mass is 472 g/mol. The van der Waals surface area contributed by atoms with Crippen LogP contribution in [0.2, 0.25) is 0 Å². The number of hydrogen-bond acceptors (Lipinski definition) is 7. The first-order valence-electron chi connectivity index (χ1n) is 10.9. The Balaban J connectivity index is 1.69. The molecule has 0 amide bonds. The lowest BCUT2D eigenvalue weighted by atomic mass is 9.73. The molecular formula is C21H36N4O4S2. The first-order chi connectivity index (χ1) is 14.6. The van der Waals surface area contributed by atoms with E-state index >= 15 is 0 Å². The van der Waals surface area contributed by atoms with Crippen LogP contribution in [0.5, 0.6) is 0 Å². The van der Waals surface area contributed by atoms with Crippen molar-refractivity contribution in [3.05, 3.63) is 24.3 Å². The van der Waals surface area contributed by atoms with Gasteiger partial charge in [-0.15, -0.1) is 0 Å². The molecule has 4 rings (SSSR count). The molecule has 3 aliphatic heterocycles. The fraction of sp³-hybridized carbons (Fsp3) is 0.714. The SMILES string of the molecule is CC1(C)CC2CN(CCS(=O)(=O)CCN)CC1N(c1ccc(NCCS(=O)O)cc1)C2. The summed E-state index contributed by atoms with van der Waals surface area (Å²) in [5.74, 6) is 0.911. The van der Waals surface area contributed by atoms with Crippen molar-refractivity contribution in [3.8, 4) is 0 Å². The number of benzene rings is 1. The van der Waals surface area contributed by atoms with E-state index in [-0.39, 0.29) is 29.2 Å². The lowest BCUT2D eigenvalue weighted by Gasteiger charge is -2.48. The molecule has 31 heavy (non-hydrogen) atoms. The maximum absolute atomic E-state index is 12.1. The van der Waals surface area contributed by atoms with Crippen molar-refractivity contribution in [1.82, 2.24) is 4.90 Å². The zero-order chi connectivity index (χ0) is 22.6. The van der Waals surface area contributed by atoms with Gasteiger partial charge < -0.3 is 20.5 Å². The third kappa shape index (κ3) is 6.64. The largest absolute Gasteiger partial charge is 0.384 e. The van der Waals surface area contributed by atoms with Gasteiger partial charge in [0.2, 0.25) is 0 Å². The van der Waals surface area contributed by atoms with E-state index in [9.17, 15) is 12.6 Å². The van der Waals surface area contributed by atoms with Crippen molar-refractivity contribution in [3.63, 3.8) is 0 Å². The Morgan fingerprint density at radius 1 is 1.19 bits per heavy atom. The van der Waals surface area contributed by atoms with Crippen molar-refractivity contribution in [2.75, 3.05) is 66.7 Å². The molecule has 1 aromatic carbocycles. The Labute approximate surface area is 188 Å². The molecule has 2 bridgehead atoms. The summed E-state index contributed by atoms with van der Waals surface area (Å²) in [6.07, 6.45) is 1.14. The van der Waals surface area contributed by atoms with E-state index in [1.54, 1.807) is 0 Å². The molecule has 3 aliphatic rings. The summed E-state index contributed by atoms with van der Waals surface area (Å²) in [6, 6.07) is 8.53. The number of anilines is 2. The second kappa shape index (κ2) is 10.2. The Kier molecular flexibility index (Phi) is 8.01. The number of fused-ring (bicyclic) bond motifs is 4. The lowest BCUT2D eigenvalue weighted by Crippen LogP contribution is -2.54. The van der Waals surface area contributed by atoms with Crippen molar-refractivity contribution in [2.24, 2.45) is 17.1 Å². The molecule has 0 spiro atoms. The van der Waals surface area contributed by atoms with Crippen LogP contribution in [-0.4, -0.2) is 84.6 Å². The zero-order valence-corrected chi connectivity index (χ0v) is 20.1. The van der Waals surface area contributed by atoms with Crippen LogP contribution in [0.15, 0.2) is 24.3 Å². The van der Waals surface area contributed by atoms with Crippen molar-refractivity contribution >= 4 is 32.3 Å². The summed E-state index contributed by atoms with van der Waals surface area (Å²) in [5, 5.41) is 3.17. The molecule has 3 unspecified atom stereocenters. The van der Waals surface area contributed by atoms with Gasteiger partial charge in [-0.1, -0.05) is 13.8 Å². The molecule has 1 aromatic rings. The van der Waals surface area contributed by atoms with E-state index in [4.69, 9.17) is 10.3 Å². The molecule has 3 atom stereocenters. The van der Waals surface area contributed by atoms with Crippen LogP contribution in [0.1, 0.15) is 20.3 Å². The third-order valence-electron chi connectivity index (χ3n) is 6.45. The molecule has 8 nitrogen and oxygen atoms in total. The number of rotatable bonds is 10. The Morgan fingerprint density at radius 3 is 2.55 bits per heavy atom. The minimum atomic E-state index is -3.09. The summed E-state index contributed by atoms with van der Waals surface area (Å²) in [5.41, 5.74) is 7.67. The highest BCUT2D eigenvalue weighted by Crippen LogP contribution is 2.43. The van der Waals surface area contributed by atoms with Crippen molar-refractivity contribution < 1.29 is 17.2 Å². The number of piperidine rings is 1. The second-order valence-electron chi connectivity index (χ2n) is 9.43. The van der Waals surface area contributed by atoms with Gasteiger partial charge in [0, 0.05) is 56.7 Å². The van der Waals surface area contributed by atoms with Crippen LogP contribution in [0, 0.1) is 11.3 Å². The van der Waals surface area contributed by atoms with Gasteiger partial charge in [-0.05, 0) is 42.0 Å². The Morgan fingerprint density at radius 2 is 1.90 bits per heavy atom. The first kappa shape index (κ1) is 24.4. The number of nitrogens with one attached hydrogen (secondary N) is 1. The fourth-order valence-electron chi connectivity index (χ4n) is 5.00. The van der Waals surface area contributed by atoms with E-state index in [0.29, 0.717) is 25.0 Å². The fourth-order valence-corrected chi connectivity index (χ4v) is 6.37. The van der Waals surface area contributed by atoms with Gasteiger partial charge in [-0.2, -0.15) is 0 Å². The smallest absolute Gasteiger partial charge is 0.154 e. The summed E-state index contributed by atoms with van der Waals surface area (Å²) in [4.78, 5) is 4.80. The van der Waals surface area contributed by atoms with Gasteiger partial charge in [0.25, 0.3) is 0 Å². The van der Waals surface area contributed by atoms with E-state index in [0.717, 1.165) is 37.4 Å². The number of sulfone groups is 1. The standard InChI is InChI=1S/C21H36N4O4S2/c1-21(2)13-17-14-24(9-12-31(28,29)11-7-22)16-20(21)25(15-17)19-5-3-18(4-6-19)23-8-10-30(26)27/h3-6,17,20,23H,7-16,22H2,1-2H3,(H,26,27). The predicted molar refractivity (Wildman–Crippen MR) is 128 cm³/mol. The molecule has 0 aliphatic carbocycles. The van der Waals surface area contributed by atoms with Crippen LogP contribution in [0.4, 0.5) is 11.4 Å². The van der Waals surface area contributed by atoms with Gasteiger partial charge >= 0.3 is 0 Å². The molecule has 0 aromatic heterocycles. The maximum atomic E-state index is 12.1. The van der Waals surface area contributed by atoms with E-state index in [1.807, 2.05) is 12.1 Å². The van der Waals surface area contributed by atoms with Crippen LogP contribution in [0.25, 0.3) is 0 Å². The van der Waals surface area contributed by atoms with Gasteiger partial charge in [-0.25, -0.2) is 12.6 Å². The third-order valence-corrected chi connectivity index (χ3v) is 8.66. The minimum absolute atomic E-state index is 0.0555. The molecule has 0 saturated carbocycles. The Bertz CT molecular complexity index is 861. The average molecular weight is 473 g/mol. The second-order valence-corrected chi connectivity index (χ2v) is 12.8. The van der Waals surface area contributed by atoms with Gasteiger partial charge in [0.15, 0.2) is 20.9 Å². The van der Waals surface area contributed by atoms with Crippen LogP contribution < -0.4 is 16.0 Å². The van der Waals surface area contributed by atoms with Crippen LogP contribution >= 0.6 is 0 Å². The summed E-state index contributed by atoms with van der Waals surface area (Å²) in [7, 11) is -3.09. The highest BCUT2D eigenvalue weighted by Gasteiger charge is 2.45. The first-order valence-corrected chi connectivity index (χ1v) is 14.0. The highest BCUT2D eigenvalue weighted by atomic mass is 32.2. The summed E-state index contributed by atoms with van der Waals surface area (Å²) >= 11 is -1.79. The topological polar surface area (TPSA) is 116 Å². The molecule has 3 heterocycles. The number of nitrogens with zero attached hydrogens (tertiary/aromatic N) is 2. The maximum Gasteiger partial charge on any atom is 0.154 e. The van der Waals surface area contributed by atoms with E-state index in [1.165, 1.54) is 0 Å². The normalized spacial score (nSPS) is 24.7. The molecule has 4 N–H and O–H groups in total. The van der Waals surface area contributed by atoms with Crippen LogP contribution in [0.3, 0.4) is 0 Å². The molecule has 0 radical (unpaired) electrons. The van der Waals surface area contributed by atoms with Gasteiger partial charge in [-0.3, -0.25) is 4.90 Å². The molecule has 3 saturated heterocycles. The van der Waals surface area contributed by atoms with Gasteiger partial charge in [0.1, 0.15) is 0 Å². The van der Waals surface area contributed by atoms with Crippen molar-refractivity contribution in [2.45, 2.75) is 26.3 Å². The quantitative estimate of drug-likeness (QED) is 0.436. The summed E-state index contributed by atoms with van der Waals surface area (Å²) in [6.45, 7) is 8.57. The summed E-state index contributed by atoms with van der Waals surface area (Å²) < 4.78 is 44.0. The molecule has 176 valence electrons. The number of nitrogens with two attached hydrogens (primary N) is 1. The zero-order valence-electron chi connectivity index (χ0n) is 18.5. The lowest BCUT2D eigenvalue weighted by molar-refractivity contribution is 0.191. The predicted octanol–water partition coefficient (Wildman–Crippen LogP) is 1.23. The van der Waals surface area contributed by atoms with Crippen molar-refractivity contribution in [1.29, 1.82) is 0 Å². The highest BCUT2D eigenvalue weighted by molar-refractivity contribution is 7.91. The Hall–Kier alpha value is -1.20. The average Bonchev–Trinajstić information content (AvgIpc) is 2.93. The van der Waals surface area contributed by atoms with Crippen LogP contribution in [-0.2, 0) is 20.9 Å². The molecular weight excluding hydrogens is 436 g/mol. The van der Waals surface area contributed by atoms with E-state index < -0.39 is 20.9 Å². The van der Waals surface area contributed by atoms with Gasteiger partial charge in [0.05, 0.1) is 17.3 Å². The number of hydrogen-bond donors (Lipinski definition) is 3. The molecule has 3 fully saturated rings. The molecule has 10 heteroatoms.